The number of halogens is 2. The molecular weight excluding hydrogens is 219 g/mol. The summed E-state index contributed by atoms with van der Waals surface area (Å²) in [6.45, 7) is 0. The molecule has 1 fully saturated rings. The van der Waals surface area contributed by atoms with Crippen LogP contribution < -0.4 is 0 Å². The molecule has 1 saturated carbocycles. The summed E-state index contributed by atoms with van der Waals surface area (Å²) < 4.78 is -0.0287. The molecule has 0 aliphatic heterocycles. The van der Waals surface area contributed by atoms with Gasteiger partial charge in [0.1, 0.15) is 0 Å². The van der Waals surface area contributed by atoms with Crippen molar-refractivity contribution in [2.45, 2.75) is 36.2 Å². The molecule has 2 unspecified atom stereocenters. The Morgan fingerprint density at radius 1 is 1.54 bits per heavy atom. The summed E-state index contributed by atoms with van der Waals surface area (Å²) in [6, 6.07) is 1.31. The van der Waals surface area contributed by atoms with Crippen LogP contribution in [0.15, 0.2) is 12.2 Å². The maximum Gasteiger partial charge on any atom is 0.0908 e. The largest absolute Gasteiger partial charge is 0.110 e. The minimum absolute atomic E-state index is 0.0287. The van der Waals surface area contributed by atoms with Crippen molar-refractivity contribution in [1.29, 1.82) is 0 Å². The van der Waals surface area contributed by atoms with Gasteiger partial charge in [0.05, 0.1) is 14.0 Å². The molecule has 0 aromatic rings. The van der Waals surface area contributed by atoms with E-state index < -0.39 is 0 Å². The third-order valence-corrected chi connectivity index (χ3v) is 6.01. The first kappa shape index (κ1) is 10.1. The standard InChI is InChI=1S/C10H16Cl2Si/c11-9(12)13-6-5-10-3-1-8(7-10)2-4-10/h1,3,8-9H,2,4-7,13H2. The number of alkyl halides is 2. The molecule has 3 heteroatoms. The van der Waals surface area contributed by atoms with Crippen LogP contribution >= 0.6 is 23.2 Å². The lowest BCUT2D eigenvalue weighted by Gasteiger charge is -2.23. The molecule has 13 heavy (non-hydrogen) atoms. The fourth-order valence-corrected chi connectivity index (χ4v) is 4.92. The van der Waals surface area contributed by atoms with E-state index in [1.165, 1.54) is 31.7 Å². The van der Waals surface area contributed by atoms with Gasteiger partial charge in [-0.25, -0.2) is 0 Å². The molecule has 2 aliphatic rings. The highest BCUT2D eigenvalue weighted by molar-refractivity contribution is 6.68. The highest BCUT2D eigenvalue weighted by atomic mass is 35.5. The lowest BCUT2D eigenvalue weighted by Crippen LogP contribution is -2.13. The summed E-state index contributed by atoms with van der Waals surface area (Å²) >= 11 is 11.5. The summed E-state index contributed by atoms with van der Waals surface area (Å²) in [6.07, 6.45) is 10.5. The molecule has 0 heterocycles. The van der Waals surface area contributed by atoms with Crippen LogP contribution in [0.4, 0.5) is 0 Å². The van der Waals surface area contributed by atoms with E-state index in [0.717, 1.165) is 5.92 Å². The Kier molecular flexibility index (Phi) is 3.06. The van der Waals surface area contributed by atoms with Crippen molar-refractivity contribution in [1.82, 2.24) is 0 Å². The first-order valence-electron chi connectivity index (χ1n) is 5.18. The molecule has 0 nitrogen and oxygen atoms in total. The van der Waals surface area contributed by atoms with Crippen molar-refractivity contribution < 1.29 is 0 Å². The third kappa shape index (κ3) is 2.31. The zero-order chi connectivity index (χ0) is 9.31. The van der Waals surface area contributed by atoms with Gasteiger partial charge in [-0.15, -0.1) is 23.2 Å². The van der Waals surface area contributed by atoms with Gasteiger partial charge in [0, 0.05) is 0 Å². The molecule has 2 atom stereocenters. The van der Waals surface area contributed by atoms with Crippen molar-refractivity contribution in [3.63, 3.8) is 0 Å². The molecule has 0 saturated heterocycles. The van der Waals surface area contributed by atoms with E-state index in [-0.39, 0.29) is 14.0 Å². The van der Waals surface area contributed by atoms with Gasteiger partial charge >= 0.3 is 0 Å². The van der Waals surface area contributed by atoms with E-state index >= 15 is 0 Å². The summed E-state index contributed by atoms with van der Waals surface area (Å²) in [5.41, 5.74) is 0.584. The zero-order valence-corrected chi connectivity index (χ0v) is 10.7. The van der Waals surface area contributed by atoms with Crippen molar-refractivity contribution in [3.05, 3.63) is 12.2 Å². The molecule has 74 valence electrons. The Morgan fingerprint density at radius 2 is 2.38 bits per heavy atom. The van der Waals surface area contributed by atoms with Crippen LogP contribution in [-0.2, 0) is 0 Å². The second-order valence-electron chi connectivity index (χ2n) is 4.51. The molecule has 2 aliphatic carbocycles. The predicted octanol–water partition coefficient (Wildman–Crippen LogP) is 3.08. The average Bonchev–Trinajstić information content (AvgIpc) is 2.62. The number of fused-ring (bicyclic) bond motifs is 2. The van der Waals surface area contributed by atoms with Crippen LogP contribution in [0.1, 0.15) is 25.7 Å². The van der Waals surface area contributed by atoms with Gasteiger partial charge in [0.15, 0.2) is 0 Å². The highest BCUT2D eigenvalue weighted by Gasteiger charge is 2.39. The van der Waals surface area contributed by atoms with Crippen LogP contribution in [0.5, 0.6) is 0 Å². The van der Waals surface area contributed by atoms with E-state index in [1.54, 1.807) is 0 Å². The van der Waals surface area contributed by atoms with E-state index in [4.69, 9.17) is 23.2 Å². The Bertz CT molecular complexity index is 215. The Balaban J connectivity index is 1.78. The van der Waals surface area contributed by atoms with Crippen LogP contribution in [0.3, 0.4) is 0 Å². The van der Waals surface area contributed by atoms with Crippen molar-refractivity contribution >= 4 is 32.7 Å². The molecule has 0 amide bonds. The van der Waals surface area contributed by atoms with E-state index in [1.807, 2.05) is 0 Å². The number of hydrogen-bond acceptors (Lipinski definition) is 0. The summed E-state index contributed by atoms with van der Waals surface area (Å²) in [5.74, 6) is 0.907. The molecule has 0 radical (unpaired) electrons. The second-order valence-corrected chi connectivity index (χ2v) is 8.92. The van der Waals surface area contributed by atoms with Gasteiger partial charge in [0.2, 0.25) is 0 Å². The first-order chi connectivity index (χ1) is 6.20. The fraction of sp³-hybridized carbons (Fsp3) is 0.800. The van der Waals surface area contributed by atoms with Gasteiger partial charge in [-0.05, 0) is 37.0 Å². The van der Waals surface area contributed by atoms with Crippen LogP contribution in [-0.4, -0.2) is 14.0 Å². The maximum atomic E-state index is 5.77. The topological polar surface area (TPSA) is 0 Å². The number of allylic oxidation sites excluding steroid dienone is 2. The molecular formula is C10H16Cl2Si. The minimum Gasteiger partial charge on any atom is -0.110 e. The smallest absolute Gasteiger partial charge is 0.0908 e. The second kappa shape index (κ2) is 3.96. The predicted molar refractivity (Wildman–Crippen MR) is 62.4 cm³/mol. The Hall–Kier alpha value is 0.537. The highest BCUT2D eigenvalue weighted by Crippen LogP contribution is 2.51. The average molecular weight is 235 g/mol. The van der Waals surface area contributed by atoms with Gasteiger partial charge in [-0.1, -0.05) is 18.2 Å². The van der Waals surface area contributed by atoms with Crippen LogP contribution in [0, 0.1) is 11.3 Å². The van der Waals surface area contributed by atoms with Gasteiger partial charge in [-0.2, -0.15) is 0 Å². The van der Waals surface area contributed by atoms with Gasteiger partial charge < -0.3 is 0 Å². The van der Waals surface area contributed by atoms with Crippen molar-refractivity contribution in [2.24, 2.45) is 11.3 Å². The maximum absolute atomic E-state index is 5.77. The molecule has 0 N–H and O–H groups in total. The first-order valence-corrected chi connectivity index (χ1v) is 7.87. The summed E-state index contributed by atoms with van der Waals surface area (Å²) in [7, 11) is -0.218. The van der Waals surface area contributed by atoms with Crippen LogP contribution in [0.25, 0.3) is 0 Å². The van der Waals surface area contributed by atoms with Gasteiger partial charge in [-0.3, -0.25) is 0 Å². The number of rotatable bonds is 4. The summed E-state index contributed by atoms with van der Waals surface area (Å²) in [4.78, 5) is 0. The third-order valence-electron chi connectivity index (χ3n) is 3.50. The SMILES string of the molecule is ClC(Cl)[SiH2]CCC12C=CC(CC1)C2. The lowest BCUT2D eigenvalue weighted by molar-refractivity contribution is 0.388. The molecule has 0 aromatic heterocycles. The molecule has 2 bridgehead atoms. The lowest BCUT2D eigenvalue weighted by atomic mass is 9.85. The molecule has 0 aromatic carbocycles. The molecule has 2 rings (SSSR count). The zero-order valence-electron chi connectivity index (χ0n) is 7.81. The quantitative estimate of drug-likeness (QED) is 0.399. The van der Waals surface area contributed by atoms with Crippen LogP contribution in [0.2, 0.25) is 6.04 Å². The molecule has 0 spiro atoms. The Morgan fingerprint density at radius 3 is 2.85 bits per heavy atom. The normalized spacial score (nSPS) is 37.3. The van der Waals surface area contributed by atoms with Crippen molar-refractivity contribution in [2.75, 3.05) is 0 Å². The minimum atomic E-state index is -0.218. The van der Waals surface area contributed by atoms with Gasteiger partial charge in [0.25, 0.3) is 0 Å². The number of hydrogen-bond donors (Lipinski definition) is 0. The van der Waals surface area contributed by atoms with E-state index in [0.29, 0.717) is 5.41 Å². The summed E-state index contributed by atoms with van der Waals surface area (Å²) in [5, 5.41) is 0. The Labute approximate surface area is 92.5 Å². The van der Waals surface area contributed by atoms with Crippen molar-refractivity contribution in [3.8, 4) is 0 Å². The fourth-order valence-electron chi connectivity index (χ4n) is 2.77. The van der Waals surface area contributed by atoms with E-state index in [2.05, 4.69) is 12.2 Å². The van der Waals surface area contributed by atoms with E-state index in [9.17, 15) is 0 Å². The monoisotopic (exact) mass is 234 g/mol.